The summed E-state index contributed by atoms with van der Waals surface area (Å²) in [7, 11) is -1.54. The third kappa shape index (κ3) is 3.86. The van der Waals surface area contributed by atoms with Crippen molar-refractivity contribution in [2.24, 2.45) is 0 Å². The first-order chi connectivity index (χ1) is 11.8. The van der Waals surface area contributed by atoms with Crippen LogP contribution < -0.4 is 10.6 Å². The van der Waals surface area contributed by atoms with E-state index in [2.05, 4.69) is 14.9 Å². The molecule has 9 heteroatoms. The van der Waals surface area contributed by atoms with Gasteiger partial charge in [-0.05, 0) is 18.6 Å². The lowest BCUT2D eigenvalue weighted by molar-refractivity contribution is 0.393. The summed E-state index contributed by atoms with van der Waals surface area (Å²) in [6.45, 7) is 1.49. The molecule has 1 aliphatic heterocycles. The van der Waals surface area contributed by atoms with Crippen molar-refractivity contribution >= 4 is 33.1 Å². The zero-order chi connectivity index (χ0) is 18.2. The second-order valence-corrected chi connectivity index (χ2v) is 8.55. The molecule has 1 saturated heterocycles. The third-order valence-corrected chi connectivity index (χ3v) is 6.11. The number of halogens is 1. The van der Waals surface area contributed by atoms with Crippen molar-refractivity contribution in [3.8, 4) is 11.3 Å². The van der Waals surface area contributed by atoms with Gasteiger partial charge in [0, 0.05) is 37.4 Å². The van der Waals surface area contributed by atoms with E-state index in [1.165, 1.54) is 10.6 Å². The van der Waals surface area contributed by atoms with E-state index in [0.29, 0.717) is 12.2 Å². The van der Waals surface area contributed by atoms with E-state index in [-0.39, 0.29) is 17.0 Å². The number of nitrogen functional groups attached to an aromatic ring is 1. The average Bonchev–Trinajstić information content (AvgIpc) is 3.06. The Labute approximate surface area is 152 Å². The Kier molecular flexibility index (Phi) is 4.86. The zero-order valence-corrected chi connectivity index (χ0v) is 15.6. The van der Waals surface area contributed by atoms with Crippen molar-refractivity contribution in [3.63, 3.8) is 0 Å². The number of nitrogens with zero attached hydrogens (tertiary/aromatic N) is 4. The summed E-state index contributed by atoms with van der Waals surface area (Å²) in [5, 5.41) is 0.188. The predicted octanol–water partition coefficient (Wildman–Crippen LogP) is 1.85. The van der Waals surface area contributed by atoms with Crippen LogP contribution in [0.2, 0.25) is 5.15 Å². The van der Waals surface area contributed by atoms with E-state index < -0.39 is 10.0 Å². The molecule has 1 unspecified atom stereocenters. The maximum absolute atomic E-state index is 11.7. The van der Waals surface area contributed by atoms with Gasteiger partial charge >= 0.3 is 0 Å². The lowest BCUT2D eigenvalue weighted by Gasteiger charge is -2.23. The number of hydrogen-bond donors (Lipinski definition) is 1. The van der Waals surface area contributed by atoms with Crippen molar-refractivity contribution in [1.82, 2.24) is 14.3 Å². The molecule has 1 aromatic carbocycles. The molecule has 2 N–H and O–H groups in total. The maximum atomic E-state index is 11.7. The topological polar surface area (TPSA) is 92.4 Å². The van der Waals surface area contributed by atoms with Crippen LogP contribution in [-0.2, 0) is 10.0 Å². The average molecular weight is 382 g/mol. The molecule has 25 heavy (non-hydrogen) atoms. The molecule has 0 bridgehead atoms. The van der Waals surface area contributed by atoms with Crippen molar-refractivity contribution in [2.75, 3.05) is 37.0 Å². The minimum absolute atomic E-state index is 0.00329. The fourth-order valence-corrected chi connectivity index (χ4v) is 3.76. The first kappa shape index (κ1) is 17.9. The van der Waals surface area contributed by atoms with Crippen molar-refractivity contribution in [1.29, 1.82) is 0 Å². The highest BCUT2D eigenvalue weighted by molar-refractivity contribution is 7.88. The monoisotopic (exact) mass is 381 g/mol. The van der Waals surface area contributed by atoms with Gasteiger partial charge in [0.2, 0.25) is 10.0 Å². The lowest BCUT2D eigenvalue weighted by atomic mass is 10.1. The van der Waals surface area contributed by atoms with Gasteiger partial charge in [0.25, 0.3) is 0 Å². The molecular formula is C16H20ClN5O2S. The fourth-order valence-electron chi connectivity index (χ4n) is 2.90. The first-order valence-electron chi connectivity index (χ1n) is 7.82. The van der Waals surface area contributed by atoms with Gasteiger partial charge in [-0.25, -0.2) is 22.7 Å². The van der Waals surface area contributed by atoms with Crippen LogP contribution in [0.1, 0.15) is 6.42 Å². The molecule has 0 saturated carbocycles. The van der Waals surface area contributed by atoms with Crippen LogP contribution in [0, 0.1) is 0 Å². The normalized spacial score (nSPS) is 18.1. The van der Waals surface area contributed by atoms with Gasteiger partial charge < -0.3 is 10.6 Å². The van der Waals surface area contributed by atoms with E-state index in [9.17, 15) is 8.42 Å². The largest absolute Gasteiger partial charge is 0.381 e. The molecule has 2 heterocycles. The molecular weight excluding hydrogens is 362 g/mol. The SMILES string of the molecule is CN(C1CCN(c2ccc(-c3cnc(N)c(Cl)n3)cc2)C1)S(C)(=O)=O. The lowest BCUT2D eigenvalue weighted by Crippen LogP contribution is -2.38. The molecule has 7 nitrogen and oxygen atoms in total. The summed E-state index contributed by atoms with van der Waals surface area (Å²) >= 11 is 5.92. The van der Waals surface area contributed by atoms with Gasteiger partial charge in [0.15, 0.2) is 11.0 Å². The highest BCUT2D eigenvalue weighted by Gasteiger charge is 2.30. The smallest absolute Gasteiger partial charge is 0.211 e. The van der Waals surface area contributed by atoms with Crippen LogP contribution in [0.25, 0.3) is 11.3 Å². The van der Waals surface area contributed by atoms with Crippen LogP contribution in [-0.4, -0.2) is 55.1 Å². The molecule has 0 aliphatic carbocycles. The fraction of sp³-hybridized carbons (Fsp3) is 0.375. The van der Waals surface area contributed by atoms with Gasteiger partial charge in [-0.15, -0.1) is 0 Å². The van der Waals surface area contributed by atoms with E-state index in [0.717, 1.165) is 24.2 Å². The van der Waals surface area contributed by atoms with Crippen LogP contribution in [0.3, 0.4) is 0 Å². The number of sulfonamides is 1. The molecule has 2 aromatic rings. The van der Waals surface area contributed by atoms with Crippen LogP contribution in [0.5, 0.6) is 0 Å². The van der Waals surface area contributed by atoms with Gasteiger partial charge in [-0.2, -0.15) is 0 Å². The third-order valence-electron chi connectivity index (χ3n) is 4.48. The Balaban J connectivity index is 1.74. The predicted molar refractivity (Wildman–Crippen MR) is 100 cm³/mol. The van der Waals surface area contributed by atoms with Gasteiger partial charge in [0.1, 0.15) is 0 Å². The Hall–Kier alpha value is -1.90. The molecule has 1 fully saturated rings. The highest BCUT2D eigenvalue weighted by atomic mass is 35.5. The number of likely N-dealkylation sites (N-methyl/N-ethyl adjacent to an activating group) is 1. The minimum atomic E-state index is -3.17. The van der Waals surface area contributed by atoms with Crippen LogP contribution in [0.4, 0.5) is 11.5 Å². The maximum Gasteiger partial charge on any atom is 0.211 e. The molecule has 0 amide bonds. The Morgan fingerprint density at radius 1 is 1.32 bits per heavy atom. The van der Waals surface area contributed by atoms with Crippen molar-refractivity contribution in [2.45, 2.75) is 12.5 Å². The standard InChI is InChI=1S/C16H20ClN5O2S/c1-21(25(2,23)24)13-7-8-22(10-13)12-5-3-11(4-6-12)14-9-19-16(18)15(17)20-14/h3-6,9,13H,7-8,10H2,1-2H3,(H2,18,19). The van der Waals surface area contributed by atoms with E-state index in [1.54, 1.807) is 13.2 Å². The Morgan fingerprint density at radius 3 is 2.60 bits per heavy atom. The second-order valence-electron chi connectivity index (χ2n) is 6.15. The summed E-state index contributed by atoms with van der Waals surface area (Å²) in [5.41, 5.74) is 8.17. The van der Waals surface area contributed by atoms with Crippen LogP contribution >= 0.6 is 11.6 Å². The molecule has 0 radical (unpaired) electrons. The quantitative estimate of drug-likeness (QED) is 0.868. The van der Waals surface area contributed by atoms with Crippen molar-refractivity contribution in [3.05, 3.63) is 35.6 Å². The van der Waals surface area contributed by atoms with Crippen molar-refractivity contribution < 1.29 is 8.42 Å². The number of hydrogen-bond acceptors (Lipinski definition) is 6. The molecule has 1 atom stereocenters. The van der Waals surface area contributed by atoms with Gasteiger partial charge in [-0.3, -0.25) is 0 Å². The Morgan fingerprint density at radius 2 is 2.00 bits per heavy atom. The van der Waals surface area contributed by atoms with E-state index in [4.69, 9.17) is 17.3 Å². The number of rotatable bonds is 4. The molecule has 3 rings (SSSR count). The zero-order valence-electron chi connectivity index (χ0n) is 14.1. The summed E-state index contributed by atoms with van der Waals surface area (Å²) < 4.78 is 24.8. The Bertz CT molecular complexity index is 873. The summed E-state index contributed by atoms with van der Waals surface area (Å²) in [4.78, 5) is 10.4. The summed E-state index contributed by atoms with van der Waals surface area (Å²) in [5.74, 6) is 0.208. The van der Waals surface area contributed by atoms with E-state index >= 15 is 0 Å². The minimum Gasteiger partial charge on any atom is -0.381 e. The number of nitrogens with two attached hydrogens (primary N) is 1. The number of benzene rings is 1. The highest BCUT2D eigenvalue weighted by Crippen LogP contribution is 2.27. The number of aromatic nitrogens is 2. The number of anilines is 2. The summed E-state index contributed by atoms with van der Waals surface area (Å²) in [6.07, 6.45) is 3.64. The molecule has 1 aromatic heterocycles. The van der Waals surface area contributed by atoms with Crippen LogP contribution in [0.15, 0.2) is 30.5 Å². The molecule has 0 spiro atoms. The van der Waals surface area contributed by atoms with E-state index in [1.807, 2.05) is 24.3 Å². The molecule has 134 valence electrons. The van der Waals surface area contributed by atoms with Gasteiger partial charge in [0.05, 0.1) is 18.1 Å². The van der Waals surface area contributed by atoms with Gasteiger partial charge in [-0.1, -0.05) is 23.7 Å². The first-order valence-corrected chi connectivity index (χ1v) is 10.0. The summed E-state index contributed by atoms with van der Waals surface area (Å²) in [6, 6.07) is 7.86. The second kappa shape index (κ2) is 6.78. The molecule has 1 aliphatic rings.